The molecule has 0 aliphatic rings. The molecule has 0 aliphatic heterocycles. The predicted octanol–water partition coefficient (Wildman–Crippen LogP) is 2.13. The van der Waals surface area contributed by atoms with E-state index < -0.39 is 10.9 Å². The number of hydrogen-bond donors (Lipinski definition) is 0. The number of ether oxygens (including phenoxy) is 2. The van der Waals surface area contributed by atoms with Crippen molar-refractivity contribution in [3.63, 3.8) is 0 Å². The van der Waals surface area contributed by atoms with Gasteiger partial charge in [-0.2, -0.15) is 0 Å². The van der Waals surface area contributed by atoms with Gasteiger partial charge in [0.2, 0.25) is 0 Å². The molecular weight excluding hydrogens is 266 g/mol. The van der Waals surface area contributed by atoms with E-state index in [1.54, 1.807) is 0 Å². The van der Waals surface area contributed by atoms with Gasteiger partial charge in [-0.05, 0) is 25.5 Å². The Morgan fingerprint density at radius 2 is 2.05 bits per heavy atom. The minimum absolute atomic E-state index is 0.0316. The molecule has 0 spiro atoms. The van der Waals surface area contributed by atoms with Crippen molar-refractivity contribution in [3.05, 3.63) is 33.9 Å². The highest BCUT2D eigenvalue weighted by atomic mass is 16.6. The molecule has 1 aromatic carbocycles. The summed E-state index contributed by atoms with van der Waals surface area (Å²) in [4.78, 5) is 32.4. The third kappa shape index (κ3) is 4.34. The van der Waals surface area contributed by atoms with E-state index in [2.05, 4.69) is 4.74 Å². The molecule has 7 heteroatoms. The van der Waals surface area contributed by atoms with Crippen LogP contribution in [0.25, 0.3) is 0 Å². The Morgan fingerprint density at radius 3 is 2.60 bits per heavy atom. The van der Waals surface area contributed by atoms with Gasteiger partial charge in [-0.15, -0.1) is 0 Å². The lowest BCUT2D eigenvalue weighted by atomic mass is 10.2. The fourth-order valence-corrected chi connectivity index (χ4v) is 1.53. The van der Waals surface area contributed by atoms with Gasteiger partial charge in [0.25, 0.3) is 0 Å². The number of carbonyl (C=O) groups is 2. The summed E-state index contributed by atoms with van der Waals surface area (Å²) in [6, 6.07) is 3.84. The summed E-state index contributed by atoms with van der Waals surface area (Å²) in [6.45, 7) is 1.66. The molecule has 0 heterocycles. The lowest BCUT2D eigenvalue weighted by Gasteiger charge is -2.07. The summed E-state index contributed by atoms with van der Waals surface area (Å²) in [5.41, 5.74) is -0.231. The number of hydrogen-bond acceptors (Lipinski definition) is 6. The number of nitrogens with zero attached hydrogens (tertiary/aromatic N) is 1. The zero-order chi connectivity index (χ0) is 15.1. The second-order valence-corrected chi connectivity index (χ2v) is 4.09. The van der Waals surface area contributed by atoms with Crippen molar-refractivity contribution >= 4 is 17.4 Å². The van der Waals surface area contributed by atoms with Gasteiger partial charge in [0.1, 0.15) is 5.78 Å². The van der Waals surface area contributed by atoms with E-state index in [1.807, 2.05) is 0 Å². The highest BCUT2D eigenvalue weighted by Gasteiger charge is 2.19. The van der Waals surface area contributed by atoms with Crippen molar-refractivity contribution in [1.82, 2.24) is 0 Å². The summed E-state index contributed by atoms with van der Waals surface area (Å²) < 4.78 is 9.77. The smallest absolute Gasteiger partial charge is 0.338 e. The summed E-state index contributed by atoms with van der Waals surface area (Å²) >= 11 is 0. The summed E-state index contributed by atoms with van der Waals surface area (Å²) in [6.07, 6.45) is 0.833. The van der Waals surface area contributed by atoms with E-state index in [0.717, 1.165) is 6.07 Å². The van der Waals surface area contributed by atoms with Crippen molar-refractivity contribution in [1.29, 1.82) is 0 Å². The monoisotopic (exact) mass is 281 g/mol. The molecule has 108 valence electrons. The summed E-state index contributed by atoms with van der Waals surface area (Å²) in [7, 11) is 1.19. The third-order valence-corrected chi connectivity index (χ3v) is 2.51. The van der Waals surface area contributed by atoms with Crippen LogP contribution in [0.3, 0.4) is 0 Å². The van der Waals surface area contributed by atoms with Crippen LogP contribution in [0, 0.1) is 10.1 Å². The number of esters is 1. The largest absolute Gasteiger partial charge is 0.487 e. The Balaban J connectivity index is 2.82. The second kappa shape index (κ2) is 7.22. The van der Waals surface area contributed by atoms with Crippen molar-refractivity contribution in [2.24, 2.45) is 0 Å². The molecule has 0 unspecified atom stereocenters. The van der Waals surface area contributed by atoms with Crippen LogP contribution in [-0.4, -0.2) is 30.4 Å². The minimum Gasteiger partial charge on any atom is -0.487 e. The number of rotatable bonds is 7. The van der Waals surface area contributed by atoms with Gasteiger partial charge in [0.05, 0.1) is 24.2 Å². The van der Waals surface area contributed by atoms with Crippen LogP contribution in [0.5, 0.6) is 5.75 Å². The number of nitro benzene ring substituents is 1. The van der Waals surface area contributed by atoms with Crippen LogP contribution < -0.4 is 4.74 Å². The van der Waals surface area contributed by atoms with Crippen molar-refractivity contribution in [2.75, 3.05) is 13.7 Å². The number of benzene rings is 1. The second-order valence-electron chi connectivity index (χ2n) is 4.09. The lowest BCUT2D eigenvalue weighted by molar-refractivity contribution is -0.385. The molecule has 0 N–H and O–H groups in total. The maximum Gasteiger partial charge on any atom is 0.338 e. The fourth-order valence-electron chi connectivity index (χ4n) is 1.53. The number of methoxy groups -OCH3 is 1. The standard InChI is InChI=1S/C13H15NO6/c1-9(15)4-3-7-20-12-6-5-10(13(16)19-2)8-11(12)14(17)18/h5-6,8H,3-4,7H2,1-2H3. The molecule has 0 aromatic heterocycles. The van der Waals surface area contributed by atoms with Crippen LogP contribution in [0.4, 0.5) is 5.69 Å². The number of ketones is 1. The Morgan fingerprint density at radius 1 is 1.35 bits per heavy atom. The van der Waals surface area contributed by atoms with Gasteiger partial charge >= 0.3 is 11.7 Å². The predicted molar refractivity (Wildman–Crippen MR) is 69.8 cm³/mol. The lowest BCUT2D eigenvalue weighted by Crippen LogP contribution is -2.05. The highest BCUT2D eigenvalue weighted by molar-refractivity contribution is 5.90. The van der Waals surface area contributed by atoms with E-state index >= 15 is 0 Å². The molecule has 7 nitrogen and oxygen atoms in total. The Hall–Kier alpha value is -2.44. The molecular formula is C13H15NO6. The highest BCUT2D eigenvalue weighted by Crippen LogP contribution is 2.28. The van der Waals surface area contributed by atoms with Gasteiger partial charge in [-0.25, -0.2) is 4.79 Å². The van der Waals surface area contributed by atoms with Gasteiger partial charge in [0, 0.05) is 12.5 Å². The van der Waals surface area contributed by atoms with Crippen molar-refractivity contribution < 1.29 is 24.0 Å². The molecule has 0 aliphatic carbocycles. The molecule has 0 bridgehead atoms. The first-order chi connectivity index (χ1) is 9.45. The summed E-state index contributed by atoms with van der Waals surface area (Å²) in [5.74, 6) is -0.563. The van der Waals surface area contributed by atoms with Crippen LogP contribution in [0.2, 0.25) is 0 Å². The Kier molecular flexibility index (Phi) is 5.64. The molecule has 0 amide bonds. The average Bonchev–Trinajstić information content (AvgIpc) is 2.42. The van der Waals surface area contributed by atoms with Crippen molar-refractivity contribution in [3.8, 4) is 5.75 Å². The van der Waals surface area contributed by atoms with Gasteiger partial charge in [-0.3, -0.25) is 10.1 Å². The summed E-state index contributed by atoms with van der Waals surface area (Å²) in [5, 5.41) is 10.9. The first-order valence-corrected chi connectivity index (χ1v) is 5.94. The zero-order valence-electron chi connectivity index (χ0n) is 11.3. The van der Waals surface area contributed by atoms with Gasteiger partial charge in [0.15, 0.2) is 5.75 Å². The van der Waals surface area contributed by atoms with E-state index in [1.165, 1.54) is 26.2 Å². The van der Waals surface area contributed by atoms with E-state index in [9.17, 15) is 19.7 Å². The number of carbonyl (C=O) groups excluding carboxylic acids is 2. The van der Waals surface area contributed by atoms with E-state index in [-0.39, 0.29) is 29.4 Å². The molecule has 0 atom stereocenters. The third-order valence-electron chi connectivity index (χ3n) is 2.51. The first-order valence-electron chi connectivity index (χ1n) is 5.94. The number of Topliss-reactive ketones (excluding diaryl/α,β-unsaturated/α-hetero) is 1. The molecule has 1 aromatic rings. The molecule has 0 saturated heterocycles. The molecule has 0 fully saturated rings. The Bertz CT molecular complexity index is 526. The quantitative estimate of drug-likeness (QED) is 0.329. The van der Waals surface area contributed by atoms with Crippen LogP contribution in [0.1, 0.15) is 30.1 Å². The topological polar surface area (TPSA) is 95.7 Å². The molecule has 1 rings (SSSR count). The normalized spacial score (nSPS) is 9.90. The Labute approximate surface area is 115 Å². The molecule has 0 radical (unpaired) electrons. The van der Waals surface area contributed by atoms with Crippen LogP contribution >= 0.6 is 0 Å². The molecule has 0 saturated carbocycles. The minimum atomic E-state index is -0.656. The number of nitro groups is 1. The maximum atomic E-state index is 11.3. The fraction of sp³-hybridized carbons (Fsp3) is 0.385. The van der Waals surface area contributed by atoms with Crippen LogP contribution in [0.15, 0.2) is 18.2 Å². The SMILES string of the molecule is COC(=O)c1ccc(OCCCC(C)=O)c([N+](=O)[O-])c1. The van der Waals surface area contributed by atoms with Gasteiger partial charge in [-0.1, -0.05) is 0 Å². The van der Waals surface area contributed by atoms with Crippen LogP contribution in [-0.2, 0) is 9.53 Å². The van der Waals surface area contributed by atoms with Crippen molar-refractivity contribution in [2.45, 2.75) is 19.8 Å². The van der Waals surface area contributed by atoms with Gasteiger partial charge < -0.3 is 14.3 Å². The first kappa shape index (κ1) is 15.6. The molecule has 20 heavy (non-hydrogen) atoms. The van der Waals surface area contributed by atoms with E-state index in [0.29, 0.717) is 12.8 Å². The zero-order valence-corrected chi connectivity index (χ0v) is 11.3. The maximum absolute atomic E-state index is 11.3. The van der Waals surface area contributed by atoms with E-state index in [4.69, 9.17) is 4.74 Å². The average molecular weight is 281 g/mol.